The van der Waals surface area contributed by atoms with E-state index in [0.29, 0.717) is 12.1 Å². The van der Waals surface area contributed by atoms with Crippen LogP contribution in [0.2, 0.25) is 0 Å². The van der Waals surface area contributed by atoms with Crippen LogP contribution in [-0.2, 0) is 0 Å². The number of likely N-dealkylation sites (tertiary alicyclic amines) is 1. The van der Waals surface area contributed by atoms with Gasteiger partial charge in [0.25, 0.3) is 0 Å². The molecule has 2 atom stereocenters. The van der Waals surface area contributed by atoms with Crippen LogP contribution in [0, 0.1) is 13.8 Å². The van der Waals surface area contributed by atoms with Crippen molar-refractivity contribution >= 4 is 0 Å². The van der Waals surface area contributed by atoms with Gasteiger partial charge >= 0.3 is 0 Å². The van der Waals surface area contributed by atoms with Crippen LogP contribution in [0.3, 0.4) is 0 Å². The standard InChI is InChI=1S/C17H26N2/c1-13-7-8-14(2)15(12-13)17(16-6-5-9-18-16)19-10-3-4-11-19/h7-8,12,16-18H,3-6,9-11H2,1-2H3. The molecule has 0 spiro atoms. The Balaban J connectivity index is 1.94. The van der Waals surface area contributed by atoms with E-state index in [9.17, 15) is 0 Å². The summed E-state index contributed by atoms with van der Waals surface area (Å²) in [4.78, 5) is 2.71. The quantitative estimate of drug-likeness (QED) is 0.895. The third kappa shape index (κ3) is 2.70. The number of nitrogens with one attached hydrogen (secondary N) is 1. The zero-order valence-electron chi connectivity index (χ0n) is 12.3. The molecule has 104 valence electrons. The van der Waals surface area contributed by atoms with Gasteiger partial charge in [-0.2, -0.15) is 0 Å². The minimum Gasteiger partial charge on any atom is -0.312 e. The number of rotatable bonds is 3. The van der Waals surface area contributed by atoms with Crippen molar-refractivity contribution in [3.63, 3.8) is 0 Å². The van der Waals surface area contributed by atoms with E-state index in [1.54, 1.807) is 5.56 Å². The smallest absolute Gasteiger partial charge is 0.0504 e. The number of aryl methyl sites for hydroxylation is 2. The first-order valence-electron chi connectivity index (χ1n) is 7.80. The van der Waals surface area contributed by atoms with Crippen molar-refractivity contribution in [2.45, 2.75) is 51.6 Å². The van der Waals surface area contributed by atoms with E-state index < -0.39 is 0 Å². The van der Waals surface area contributed by atoms with E-state index in [4.69, 9.17) is 0 Å². The highest BCUT2D eigenvalue weighted by molar-refractivity contribution is 5.34. The van der Waals surface area contributed by atoms with Crippen LogP contribution in [0.4, 0.5) is 0 Å². The van der Waals surface area contributed by atoms with Crippen LogP contribution in [0.1, 0.15) is 48.4 Å². The number of hydrogen-bond donors (Lipinski definition) is 1. The molecule has 3 rings (SSSR count). The van der Waals surface area contributed by atoms with Crippen molar-refractivity contribution in [3.8, 4) is 0 Å². The van der Waals surface area contributed by atoms with Crippen LogP contribution >= 0.6 is 0 Å². The first-order chi connectivity index (χ1) is 9.25. The van der Waals surface area contributed by atoms with Crippen molar-refractivity contribution in [1.29, 1.82) is 0 Å². The third-order valence-corrected chi connectivity index (χ3v) is 4.77. The lowest BCUT2D eigenvalue weighted by atomic mass is 9.92. The molecule has 2 fully saturated rings. The summed E-state index contributed by atoms with van der Waals surface area (Å²) in [6.07, 6.45) is 5.40. The third-order valence-electron chi connectivity index (χ3n) is 4.77. The van der Waals surface area contributed by atoms with Gasteiger partial charge in [-0.15, -0.1) is 0 Å². The number of benzene rings is 1. The fourth-order valence-electron chi connectivity index (χ4n) is 3.75. The van der Waals surface area contributed by atoms with Gasteiger partial charge in [-0.3, -0.25) is 4.90 Å². The summed E-state index contributed by atoms with van der Waals surface area (Å²) < 4.78 is 0. The van der Waals surface area contributed by atoms with Gasteiger partial charge in [0.05, 0.1) is 6.04 Å². The molecule has 19 heavy (non-hydrogen) atoms. The molecule has 0 bridgehead atoms. The highest BCUT2D eigenvalue weighted by atomic mass is 15.2. The summed E-state index contributed by atoms with van der Waals surface area (Å²) in [6.45, 7) is 8.23. The molecule has 2 heteroatoms. The van der Waals surface area contributed by atoms with Crippen LogP contribution in [0.15, 0.2) is 18.2 Å². The second-order valence-corrected chi connectivity index (χ2v) is 6.25. The van der Waals surface area contributed by atoms with E-state index in [1.807, 2.05) is 0 Å². The Kier molecular flexibility index (Phi) is 3.90. The maximum atomic E-state index is 3.74. The summed E-state index contributed by atoms with van der Waals surface area (Å²) in [5.74, 6) is 0. The van der Waals surface area contributed by atoms with Gasteiger partial charge in [0.15, 0.2) is 0 Å². The van der Waals surface area contributed by atoms with Crippen molar-refractivity contribution in [2.24, 2.45) is 0 Å². The van der Waals surface area contributed by atoms with E-state index in [0.717, 1.165) is 0 Å². The molecular formula is C17H26N2. The molecule has 0 saturated carbocycles. The predicted octanol–water partition coefficient (Wildman–Crippen LogP) is 3.19. The SMILES string of the molecule is Cc1ccc(C)c(C(C2CCCN2)N2CCCC2)c1. The molecular weight excluding hydrogens is 232 g/mol. The van der Waals surface area contributed by atoms with Crippen molar-refractivity contribution in [1.82, 2.24) is 10.2 Å². The van der Waals surface area contributed by atoms with E-state index in [2.05, 4.69) is 42.3 Å². The van der Waals surface area contributed by atoms with Crippen LogP contribution in [0.25, 0.3) is 0 Å². The Morgan fingerprint density at radius 2 is 1.95 bits per heavy atom. The normalized spacial score (nSPS) is 25.9. The van der Waals surface area contributed by atoms with E-state index in [-0.39, 0.29) is 0 Å². The zero-order chi connectivity index (χ0) is 13.2. The lowest BCUT2D eigenvalue weighted by molar-refractivity contribution is 0.201. The first-order valence-corrected chi connectivity index (χ1v) is 7.80. The van der Waals surface area contributed by atoms with E-state index in [1.165, 1.54) is 56.4 Å². The van der Waals surface area contributed by atoms with Gasteiger partial charge in [0.2, 0.25) is 0 Å². The molecule has 2 aliphatic heterocycles. The summed E-state index contributed by atoms with van der Waals surface area (Å²) in [5.41, 5.74) is 4.40. The van der Waals surface area contributed by atoms with E-state index >= 15 is 0 Å². The summed E-state index contributed by atoms with van der Waals surface area (Å²) in [5, 5.41) is 3.74. The molecule has 0 aromatic heterocycles. The molecule has 2 nitrogen and oxygen atoms in total. The Morgan fingerprint density at radius 3 is 2.63 bits per heavy atom. The Labute approximate surface area is 117 Å². The maximum absolute atomic E-state index is 3.74. The molecule has 2 saturated heterocycles. The zero-order valence-corrected chi connectivity index (χ0v) is 12.3. The summed E-state index contributed by atoms with van der Waals surface area (Å²) in [6, 6.07) is 8.19. The Bertz CT molecular complexity index is 413. The predicted molar refractivity (Wildman–Crippen MR) is 80.5 cm³/mol. The maximum Gasteiger partial charge on any atom is 0.0504 e. The molecule has 0 amide bonds. The van der Waals surface area contributed by atoms with Gasteiger partial charge in [0, 0.05) is 6.04 Å². The average molecular weight is 258 g/mol. The average Bonchev–Trinajstić information content (AvgIpc) is 3.07. The molecule has 2 unspecified atom stereocenters. The lowest BCUT2D eigenvalue weighted by Gasteiger charge is -2.34. The minimum atomic E-state index is 0.588. The second-order valence-electron chi connectivity index (χ2n) is 6.25. The monoisotopic (exact) mass is 258 g/mol. The van der Waals surface area contributed by atoms with Crippen LogP contribution < -0.4 is 5.32 Å². The highest BCUT2D eigenvalue weighted by Crippen LogP contribution is 2.33. The van der Waals surface area contributed by atoms with Gasteiger partial charge in [-0.25, -0.2) is 0 Å². The van der Waals surface area contributed by atoms with Gasteiger partial charge in [-0.05, 0) is 70.3 Å². The number of hydrogen-bond acceptors (Lipinski definition) is 2. The topological polar surface area (TPSA) is 15.3 Å². The van der Waals surface area contributed by atoms with Crippen LogP contribution in [-0.4, -0.2) is 30.6 Å². The molecule has 0 aliphatic carbocycles. The minimum absolute atomic E-state index is 0.588. The molecule has 1 aromatic carbocycles. The fourth-order valence-corrected chi connectivity index (χ4v) is 3.75. The molecule has 1 N–H and O–H groups in total. The Morgan fingerprint density at radius 1 is 1.16 bits per heavy atom. The summed E-state index contributed by atoms with van der Waals surface area (Å²) in [7, 11) is 0. The van der Waals surface area contributed by atoms with Crippen molar-refractivity contribution in [2.75, 3.05) is 19.6 Å². The van der Waals surface area contributed by atoms with Crippen LogP contribution in [0.5, 0.6) is 0 Å². The Hall–Kier alpha value is -0.860. The van der Waals surface area contributed by atoms with Gasteiger partial charge < -0.3 is 5.32 Å². The fraction of sp³-hybridized carbons (Fsp3) is 0.647. The second kappa shape index (κ2) is 5.64. The summed E-state index contributed by atoms with van der Waals surface area (Å²) >= 11 is 0. The van der Waals surface area contributed by atoms with Crippen molar-refractivity contribution < 1.29 is 0 Å². The van der Waals surface area contributed by atoms with Gasteiger partial charge in [-0.1, -0.05) is 23.8 Å². The number of nitrogens with zero attached hydrogens (tertiary/aromatic N) is 1. The molecule has 2 heterocycles. The first kappa shape index (κ1) is 13.1. The largest absolute Gasteiger partial charge is 0.312 e. The molecule has 0 radical (unpaired) electrons. The molecule has 2 aliphatic rings. The lowest BCUT2D eigenvalue weighted by Crippen LogP contribution is -2.40. The van der Waals surface area contributed by atoms with Gasteiger partial charge in [0.1, 0.15) is 0 Å². The highest BCUT2D eigenvalue weighted by Gasteiger charge is 2.33. The van der Waals surface area contributed by atoms with Crippen molar-refractivity contribution in [3.05, 3.63) is 34.9 Å². The molecule has 1 aromatic rings.